The number of carboxylic acids is 1. The maximum Gasteiger partial charge on any atom is 0.337 e. The van der Waals surface area contributed by atoms with Crippen LogP contribution < -0.4 is 11.5 Å². The van der Waals surface area contributed by atoms with Crippen LogP contribution in [0, 0.1) is 0 Å². The van der Waals surface area contributed by atoms with Gasteiger partial charge in [0, 0.05) is 12.1 Å². The van der Waals surface area contributed by atoms with E-state index in [9.17, 15) is 14.4 Å². The molecule has 0 bridgehead atoms. The van der Waals surface area contributed by atoms with Gasteiger partial charge in [0.05, 0.1) is 11.3 Å². The van der Waals surface area contributed by atoms with Crippen LogP contribution in [0.15, 0.2) is 42.6 Å². The fraction of sp³-hybridized carbons (Fsp3) is 0.0769. The van der Waals surface area contributed by atoms with E-state index >= 15 is 0 Å². The molecule has 0 radical (unpaired) electrons. The Morgan fingerprint density at radius 1 is 1.10 bits per heavy atom. The highest BCUT2D eigenvalue weighted by Crippen LogP contribution is 2.17. The van der Waals surface area contributed by atoms with Gasteiger partial charge in [0.1, 0.15) is 0 Å². The molecular weight excluding hydrogens is 262 g/mol. The highest BCUT2D eigenvalue weighted by molar-refractivity contribution is 5.88. The Morgan fingerprint density at radius 2 is 1.65 bits per heavy atom. The third-order valence-corrected chi connectivity index (χ3v) is 2.31. The molecule has 0 unspecified atom stereocenters. The third-order valence-electron chi connectivity index (χ3n) is 2.31. The highest BCUT2D eigenvalue weighted by atomic mass is 16.4. The third kappa shape index (κ3) is 4.73. The number of hydrogen-bond acceptors (Lipinski definition) is 4. The maximum absolute atomic E-state index is 10.7. The van der Waals surface area contributed by atoms with E-state index in [1.54, 1.807) is 0 Å². The number of hydrogen-bond donors (Lipinski definition) is 3. The van der Waals surface area contributed by atoms with Crippen LogP contribution in [-0.4, -0.2) is 27.9 Å². The Labute approximate surface area is 114 Å². The van der Waals surface area contributed by atoms with Crippen molar-refractivity contribution in [3.8, 4) is 0 Å². The van der Waals surface area contributed by atoms with E-state index in [2.05, 4.69) is 4.98 Å². The highest BCUT2D eigenvalue weighted by Gasteiger charge is 2.09. The van der Waals surface area contributed by atoms with Gasteiger partial charge in [-0.25, -0.2) is 4.79 Å². The summed E-state index contributed by atoms with van der Waals surface area (Å²) in [6.07, 6.45) is 6.31. The molecule has 20 heavy (non-hydrogen) atoms. The van der Waals surface area contributed by atoms with Crippen LogP contribution in [0.3, 0.4) is 0 Å². The Kier molecular flexibility index (Phi) is 5.16. The monoisotopic (exact) mass is 275 g/mol. The molecule has 1 aromatic heterocycles. The van der Waals surface area contributed by atoms with E-state index in [1.807, 2.05) is 0 Å². The van der Waals surface area contributed by atoms with Gasteiger partial charge in [-0.2, -0.15) is 0 Å². The molecule has 0 atom stereocenters. The molecule has 1 aromatic rings. The molecule has 7 heteroatoms. The molecule has 0 spiro atoms. The summed E-state index contributed by atoms with van der Waals surface area (Å²) in [6, 6.07) is 2.85. The molecule has 0 aliphatic heterocycles. The van der Waals surface area contributed by atoms with Crippen molar-refractivity contribution in [2.24, 2.45) is 11.5 Å². The first-order valence-electron chi connectivity index (χ1n) is 5.54. The standard InChI is InChI=1S/C13H13N3O4/c14-11(17)5-2-8(3-6-12(15)18)10-4-1-9(7-16-10)13(19)20/h1-8H,(H2,14,17)(H2,15,18)(H,19,20)/b5-2+,6-3+. The lowest BCUT2D eigenvalue weighted by Crippen LogP contribution is -2.08. The van der Waals surface area contributed by atoms with Crippen molar-refractivity contribution in [3.05, 3.63) is 53.9 Å². The molecule has 1 heterocycles. The van der Waals surface area contributed by atoms with Crippen molar-refractivity contribution >= 4 is 17.8 Å². The quantitative estimate of drug-likeness (QED) is 0.625. The number of carbonyl (C=O) groups is 3. The van der Waals surface area contributed by atoms with Crippen molar-refractivity contribution < 1.29 is 19.5 Å². The molecule has 0 fully saturated rings. The van der Waals surface area contributed by atoms with Gasteiger partial charge in [-0.3, -0.25) is 14.6 Å². The van der Waals surface area contributed by atoms with E-state index in [0.717, 1.165) is 12.2 Å². The first kappa shape index (κ1) is 15.1. The Bertz CT molecular complexity index is 552. The van der Waals surface area contributed by atoms with Crippen molar-refractivity contribution in [2.75, 3.05) is 0 Å². The number of pyridine rings is 1. The number of rotatable bonds is 6. The van der Waals surface area contributed by atoms with Crippen LogP contribution in [-0.2, 0) is 9.59 Å². The number of carboxylic acid groups (broad SMARTS) is 1. The second-order valence-corrected chi connectivity index (χ2v) is 3.83. The number of aromatic carboxylic acids is 1. The number of allylic oxidation sites excluding steroid dienone is 2. The molecular formula is C13H13N3O4. The summed E-state index contributed by atoms with van der Waals surface area (Å²) in [4.78, 5) is 36.2. The lowest BCUT2D eigenvalue weighted by molar-refractivity contribution is -0.114. The van der Waals surface area contributed by atoms with Crippen LogP contribution in [0.2, 0.25) is 0 Å². The molecule has 7 nitrogen and oxygen atoms in total. The summed E-state index contributed by atoms with van der Waals surface area (Å²) < 4.78 is 0. The fourth-order valence-corrected chi connectivity index (χ4v) is 1.39. The predicted octanol–water partition coefficient (Wildman–Crippen LogP) is -0.0536. The van der Waals surface area contributed by atoms with Crippen molar-refractivity contribution in [1.29, 1.82) is 0 Å². The molecule has 0 saturated heterocycles. The van der Waals surface area contributed by atoms with Crippen LogP contribution in [0.1, 0.15) is 22.0 Å². The summed E-state index contributed by atoms with van der Waals surface area (Å²) in [5.41, 5.74) is 10.5. The van der Waals surface area contributed by atoms with E-state index in [4.69, 9.17) is 16.6 Å². The van der Waals surface area contributed by atoms with Gasteiger partial charge in [0.2, 0.25) is 11.8 Å². The van der Waals surface area contributed by atoms with Gasteiger partial charge in [-0.1, -0.05) is 12.2 Å². The molecule has 0 aliphatic rings. The van der Waals surface area contributed by atoms with Crippen LogP contribution in [0.5, 0.6) is 0 Å². The van der Waals surface area contributed by atoms with Gasteiger partial charge in [0.25, 0.3) is 0 Å². The Morgan fingerprint density at radius 3 is 2.00 bits per heavy atom. The molecule has 1 rings (SSSR count). The largest absolute Gasteiger partial charge is 0.478 e. The number of carbonyl (C=O) groups excluding carboxylic acids is 2. The lowest BCUT2D eigenvalue weighted by atomic mass is 10.0. The Balaban J connectivity index is 3.05. The zero-order chi connectivity index (χ0) is 15.1. The summed E-state index contributed by atoms with van der Waals surface area (Å²) >= 11 is 0. The lowest BCUT2D eigenvalue weighted by Gasteiger charge is -2.07. The number of amides is 2. The second-order valence-electron chi connectivity index (χ2n) is 3.83. The number of nitrogens with zero attached hydrogens (tertiary/aromatic N) is 1. The summed E-state index contributed by atoms with van der Waals surface area (Å²) in [5, 5.41) is 8.78. The first-order chi connectivity index (χ1) is 9.40. The van der Waals surface area contributed by atoms with Crippen molar-refractivity contribution in [3.63, 3.8) is 0 Å². The van der Waals surface area contributed by atoms with E-state index in [-0.39, 0.29) is 5.56 Å². The topological polar surface area (TPSA) is 136 Å². The van der Waals surface area contributed by atoms with E-state index in [1.165, 1.54) is 30.5 Å². The van der Waals surface area contributed by atoms with Crippen LogP contribution in [0.4, 0.5) is 0 Å². The van der Waals surface area contributed by atoms with Crippen molar-refractivity contribution in [1.82, 2.24) is 4.98 Å². The summed E-state index contributed by atoms with van der Waals surface area (Å²) in [5.74, 6) is -2.91. The molecule has 2 amide bonds. The van der Waals surface area contributed by atoms with Gasteiger partial charge < -0.3 is 16.6 Å². The summed E-state index contributed by atoms with van der Waals surface area (Å²) in [6.45, 7) is 0. The first-order valence-corrected chi connectivity index (χ1v) is 5.54. The summed E-state index contributed by atoms with van der Waals surface area (Å²) in [7, 11) is 0. The van der Waals surface area contributed by atoms with Gasteiger partial charge >= 0.3 is 5.97 Å². The zero-order valence-electron chi connectivity index (χ0n) is 10.4. The SMILES string of the molecule is NC(=O)/C=C/C(/C=C/C(N)=O)c1ccc(C(=O)O)cn1. The second kappa shape index (κ2) is 6.83. The average molecular weight is 275 g/mol. The molecule has 0 aliphatic carbocycles. The molecule has 0 saturated carbocycles. The number of primary amides is 2. The number of nitrogens with two attached hydrogens (primary N) is 2. The minimum Gasteiger partial charge on any atom is -0.478 e. The van der Waals surface area contributed by atoms with E-state index in [0.29, 0.717) is 5.69 Å². The van der Waals surface area contributed by atoms with Gasteiger partial charge in [-0.05, 0) is 24.3 Å². The molecule has 5 N–H and O–H groups in total. The molecule has 0 aromatic carbocycles. The van der Waals surface area contributed by atoms with Crippen LogP contribution >= 0.6 is 0 Å². The number of aromatic nitrogens is 1. The van der Waals surface area contributed by atoms with E-state index < -0.39 is 23.7 Å². The zero-order valence-corrected chi connectivity index (χ0v) is 10.4. The maximum atomic E-state index is 10.7. The van der Waals surface area contributed by atoms with Gasteiger partial charge in [0.15, 0.2) is 0 Å². The van der Waals surface area contributed by atoms with Crippen LogP contribution in [0.25, 0.3) is 0 Å². The minimum absolute atomic E-state index is 0.0326. The fourth-order valence-electron chi connectivity index (χ4n) is 1.39. The normalized spacial score (nSPS) is 11.2. The molecule has 104 valence electrons. The van der Waals surface area contributed by atoms with Gasteiger partial charge in [-0.15, -0.1) is 0 Å². The average Bonchev–Trinajstić information content (AvgIpc) is 2.38. The van der Waals surface area contributed by atoms with Crippen molar-refractivity contribution in [2.45, 2.75) is 5.92 Å². The smallest absolute Gasteiger partial charge is 0.337 e. The predicted molar refractivity (Wildman–Crippen MR) is 70.6 cm³/mol. The minimum atomic E-state index is -1.10. The Hall–Kier alpha value is -2.96.